The van der Waals surface area contributed by atoms with Crippen molar-refractivity contribution in [3.8, 4) is 0 Å². The van der Waals surface area contributed by atoms with E-state index in [0.29, 0.717) is 0 Å². The molecule has 0 saturated carbocycles. The molecule has 0 fully saturated rings. The molecule has 0 saturated heterocycles. The van der Waals surface area contributed by atoms with Crippen LogP contribution < -0.4 is 16.6 Å². The Morgan fingerprint density at radius 2 is 2.25 bits per heavy atom. The first kappa shape index (κ1) is 12.6. The molecule has 0 unspecified atom stereocenters. The molecular weight excluding hydrogens is 237 g/mol. The summed E-state index contributed by atoms with van der Waals surface area (Å²) >= 11 is 0. The molecule has 1 rings (SSSR count). The Morgan fingerprint density at radius 1 is 1.56 bits per heavy atom. The molecule has 7 nitrogen and oxygen atoms in total. The first-order valence-corrected chi connectivity index (χ1v) is 6.39. The predicted molar refractivity (Wildman–Crippen MR) is 58.0 cm³/mol. The van der Waals surface area contributed by atoms with E-state index in [4.69, 9.17) is 5.84 Å². The third kappa shape index (κ3) is 3.95. The highest BCUT2D eigenvalue weighted by molar-refractivity contribution is 7.90. The maximum atomic E-state index is 13.1. The second-order valence-corrected chi connectivity index (χ2v) is 5.35. The van der Waals surface area contributed by atoms with Crippen LogP contribution in [-0.4, -0.2) is 36.9 Å². The monoisotopic (exact) mass is 249 g/mol. The summed E-state index contributed by atoms with van der Waals surface area (Å²) in [5.74, 6) is 4.22. The lowest BCUT2D eigenvalue weighted by Gasteiger charge is -2.06. The Morgan fingerprint density at radius 3 is 2.81 bits per heavy atom. The third-order valence-electron chi connectivity index (χ3n) is 1.64. The van der Waals surface area contributed by atoms with E-state index in [1.54, 1.807) is 0 Å². The normalized spacial score (nSPS) is 11.2. The van der Waals surface area contributed by atoms with Gasteiger partial charge in [0.25, 0.3) is 0 Å². The van der Waals surface area contributed by atoms with Gasteiger partial charge < -0.3 is 5.32 Å². The molecule has 0 radical (unpaired) electrons. The lowest BCUT2D eigenvalue weighted by Crippen LogP contribution is -2.17. The van der Waals surface area contributed by atoms with Crippen LogP contribution in [-0.2, 0) is 9.84 Å². The summed E-state index contributed by atoms with van der Waals surface area (Å²) in [6, 6.07) is 0. The number of nitrogens with two attached hydrogens (primary N) is 1. The zero-order chi connectivity index (χ0) is 12.2. The molecule has 1 aromatic rings. The van der Waals surface area contributed by atoms with Crippen molar-refractivity contribution in [2.45, 2.75) is 0 Å². The van der Waals surface area contributed by atoms with E-state index >= 15 is 0 Å². The quantitative estimate of drug-likeness (QED) is 0.470. The summed E-state index contributed by atoms with van der Waals surface area (Å²) in [6.45, 7) is 0.0662. The number of nitrogens with one attached hydrogen (secondary N) is 2. The van der Waals surface area contributed by atoms with Gasteiger partial charge in [-0.1, -0.05) is 0 Å². The molecule has 0 amide bonds. The van der Waals surface area contributed by atoms with Gasteiger partial charge in [0.15, 0.2) is 11.6 Å². The minimum Gasteiger partial charge on any atom is -0.366 e. The molecular formula is C7H12FN5O2S. The van der Waals surface area contributed by atoms with E-state index in [0.717, 1.165) is 12.5 Å². The van der Waals surface area contributed by atoms with E-state index in [9.17, 15) is 12.8 Å². The van der Waals surface area contributed by atoms with E-state index in [1.165, 1.54) is 0 Å². The van der Waals surface area contributed by atoms with Crippen LogP contribution in [0.25, 0.3) is 0 Å². The molecule has 4 N–H and O–H groups in total. The fraction of sp³-hybridized carbons (Fsp3) is 0.429. The van der Waals surface area contributed by atoms with Crippen molar-refractivity contribution in [2.75, 3.05) is 29.3 Å². The fourth-order valence-corrected chi connectivity index (χ4v) is 1.39. The molecule has 0 aliphatic carbocycles. The number of hydrogen-bond acceptors (Lipinski definition) is 7. The number of halogens is 1. The molecule has 0 aromatic carbocycles. The van der Waals surface area contributed by atoms with Gasteiger partial charge in [-0.25, -0.2) is 23.6 Å². The third-order valence-corrected chi connectivity index (χ3v) is 2.58. The average Bonchev–Trinajstić information content (AvgIpc) is 2.19. The lowest BCUT2D eigenvalue weighted by atomic mass is 10.5. The second kappa shape index (κ2) is 5.03. The van der Waals surface area contributed by atoms with Gasteiger partial charge in [0, 0.05) is 12.8 Å². The summed E-state index contributed by atoms with van der Waals surface area (Å²) < 4.78 is 34.8. The number of hydrogen-bond donors (Lipinski definition) is 3. The lowest BCUT2D eigenvalue weighted by molar-refractivity contribution is 0.601. The zero-order valence-corrected chi connectivity index (χ0v) is 9.38. The Kier molecular flexibility index (Phi) is 3.96. The maximum absolute atomic E-state index is 13.1. The van der Waals surface area contributed by atoms with Gasteiger partial charge in [-0.15, -0.1) is 0 Å². The SMILES string of the molecule is CS(=O)(=O)CCNc1nc(NN)ncc1F. The number of anilines is 2. The van der Waals surface area contributed by atoms with Crippen molar-refractivity contribution in [1.29, 1.82) is 0 Å². The number of sulfone groups is 1. The van der Waals surface area contributed by atoms with Gasteiger partial charge in [0.05, 0.1) is 11.9 Å². The molecule has 1 heterocycles. The zero-order valence-electron chi connectivity index (χ0n) is 8.57. The largest absolute Gasteiger partial charge is 0.366 e. The summed E-state index contributed by atoms with van der Waals surface area (Å²) in [5.41, 5.74) is 2.15. The number of rotatable bonds is 5. The van der Waals surface area contributed by atoms with Crippen molar-refractivity contribution >= 4 is 21.6 Å². The van der Waals surface area contributed by atoms with Crippen LogP contribution in [0.4, 0.5) is 16.2 Å². The van der Waals surface area contributed by atoms with Crippen molar-refractivity contribution in [3.63, 3.8) is 0 Å². The van der Waals surface area contributed by atoms with Crippen molar-refractivity contribution < 1.29 is 12.8 Å². The summed E-state index contributed by atoms with van der Waals surface area (Å²) in [7, 11) is -3.09. The van der Waals surface area contributed by atoms with Gasteiger partial charge in [-0.05, 0) is 0 Å². The minimum atomic E-state index is -3.09. The van der Waals surface area contributed by atoms with E-state index < -0.39 is 15.7 Å². The molecule has 0 atom stereocenters. The highest BCUT2D eigenvalue weighted by Gasteiger charge is 2.07. The van der Waals surface area contributed by atoms with Gasteiger partial charge in [0.1, 0.15) is 9.84 Å². The summed E-state index contributed by atoms with van der Waals surface area (Å²) in [4.78, 5) is 7.22. The first-order valence-electron chi connectivity index (χ1n) is 4.33. The molecule has 0 aliphatic rings. The Balaban J connectivity index is 2.66. The maximum Gasteiger partial charge on any atom is 0.239 e. The van der Waals surface area contributed by atoms with E-state index in [-0.39, 0.29) is 24.1 Å². The van der Waals surface area contributed by atoms with Gasteiger partial charge in [-0.2, -0.15) is 4.98 Å². The van der Waals surface area contributed by atoms with Crippen LogP contribution in [0.15, 0.2) is 6.20 Å². The minimum absolute atomic E-state index is 0.0447. The Labute approximate surface area is 92.2 Å². The van der Waals surface area contributed by atoms with Crippen LogP contribution in [0.2, 0.25) is 0 Å². The topological polar surface area (TPSA) is 110 Å². The Hall–Kier alpha value is -1.48. The van der Waals surface area contributed by atoms with Crippen LogP contribution in [0.5, 0.6) is 0 Å². The number of aromatic nitrogens is 2. The number of hydrazine groups is 1. The molecule has 1 aromatic heterocycles. The standard InChI is InChI=1S/C7H12FN5O2S/c1-16(14,15)3-2-10-6-5(8)4-11-7(12-6)13-9/h4H,2-3,9H2,1H3,(H2,10,11,12,13). The van der Waals surface area contributed by atoms with Crippen LogP contribution in [0.3, 0.4) is 0 Å². The van der Waals surface area contributed by atoms with Crippen molar-refractivity contribution in [3.05, 3.63) is 12.0 Å². The van der Waals surface area contributed by atoms with Gasteiger partial charge in [-0.3, -0.25) is 5.43 Å². The molecule has 90 valence electrons. The predicted octanol–water partition coefficient (Wildman–Crippen LogP) is -0.642. The molecule has 0 spiro atoms. The summed E-state index contributed by atoms with van der Waals surface area (Å²) in [5, 5.41) is 2.54. The number of nitrogen functional groups attached to an aromatic ring is 1. The van der Waals surface area contributed by atoms with Crippen LogP contribution in [0.1, 0.15) is 0 Å². The van der Waals surface area contributed by atoms with E-state index in [1.807, 2.05) is 0 Å². The highest BCUT2D eigenvalue weighted by Crippen LogP contribution is 2.10. The molecule has 16 heavy (non-hydrogen) atoms. The Bertz CT molecular complexity index is 464. The van der Waals surface area contributed by atoms with Gasteiger partial charge >= 0.3 is 0 Å². The molecule has 9 heteroatoms. The molecule has 0 bridgehead atoms. The van der Waals surface area contributed by atoms with E-state index in [2.05, 4.69) is 20.7 Å². The second-order valence-electron chi connectivity index (χ2n) is 3.09. The molecule has 0 aliphatic heterocycles. The first-order chi connectivity index (χ1) is 7.42. The van der Waals surface area contributed by atoms with Crippen molar-refractivity contribution in [2.24, 2.45) is 5.84 Å². The average molecular weight is 249 g/mol. The van der Waals surface area contributed by atoms with Crippen LogP contribution in [0, 0.1) is 5.82 Å². The fourth-order valence-electron chi connectivity index (χ4n) is 0.915. The number of nitrogens with zero attached hydrogens (tertiary/aromatic N) is 2. The smallest absolute Gasteiger partial charge is 0.239 e. The highest BCUT2D eigenvalue weighted by atomic mass is 32.2. The van der Waals surface area contributed by atoms with Crippen molar-refractivity contribution in [1.82, 2.24) is 9.97 Å². The summed E-state index contributed by atoms with van der Waals surface area (Å²) in [6.07, 6.45) is 2.03. The van der Waals surface area contributed by atoms with Gasteiger partial charge in [0.2, 0.25) is 5.95 Å². The van der Waals surface area contributed by atoms with Crippen LogP contribution >= 0.6 is 0 Å².